The Kier molecular flexibility index (Phi) is 4.34. The molecule has 1 aliphatic carbocycles. The molecule has 1 aliphatic rings. The summed E-state index contributed by atoms with van der Waals surface area (Å²) in [6.45, 7) is 0. The van der Waals surface area contributed by atoms with Gasteiger partial charge in [-0.2, -0.15) is 0 Å². The molecule has 19 heavy (non-hydrogen) atoms. The summed E-state index contributed by atoms with van der Waals surface area (Å²) < 4.78 is 0. The van der Waals surface area contributed by atoms with E-state index in [1.807, 2.05) is 0 Å². The third-order valence-corrected chi connectivity index (χ3v) is 3.33. The first-order valence-electron chi connectivity index (χ1n) is 5.98. The third-order valence-electron chi connectivity index (χ3n) is 3.03. The van der Waals surface area contributed by atoms with Gasteiger partial charge < -0.3 is 0 Å². The van der Waals surface area contributed by atoms with Crippen LogP contribution in [0.5, 0.6) is 0 Å². The molecule has 2 rings (SSSR count). The van der Waals surface area contributed by atoms with Crippen LogP contribution in [-0.4, -0.2) is 16.9 Å². The van der Waals surface area contributed by atoms with Gasteiger partial charge in [-0.15, -0.1) is 0 Å². The monoisotopic (exact) mass is 284 g/mol. The van der Waals surface area contributed by atoms with E-state index in [1.54, 1.807) is 0 Å². The van der Waals surface area contributed by atoms with Crippen LogP contribution in [0.4, 0.5) is 5.69 Å². The van der Waals surface area contributed by atoms with Crippen LogP contribution in [0.25, 0.3) is 0 Å². The highest BCUT2D eigenvalue weighted by molar-refractivity contribution is 6.33. The van der Waals surface area contributed by atoms with E-state index in [4.69, 9.17) is 16.4 Å². The van der Waals surface area contributed by atoms with Crippen molar-refractivity contribution in [1.82, 2.24) is 5.48 Å². The number of nitro groups is 1. The van der Waals surface area contributed by atoms with E-state index in [1.165, 1.54) is 18.2 Å². The van der Waals surface area contributed by atoms with Gasteiger partial charge in [-0.05, 0) is 25.0 Å². The summed E-state index contributed by atoms with van der Waals surface area (Å²) in [4.78, 5) is 27.0. The van der Waals surface area contributed by atoms with E-state index in [-0.39, 0.29) is 22.4 Å². The average molecular weight is 285 g/mol. The predicted octanol–water partition coefficient (Wildman–Crippen LogP) is 2.85. The Morgan fingerprint density at radius 1 is 1.42 bits per heavy atom. The van der Waals surface area contributed by atoms with Gasteiger partial charge >= 0.3 is 0 Å². The van der Waals surface area contributed by atoms with Crippen LogP contribution >= 0.6 is 11.6 Å². The highest BCUT2D eigenvalue weighted by Gasteiger charge is 2.19. The molecule has 0 spiro atoms. The lowest BCUT2D eigenvalue weighted by atomic mass is 10.2. The molecule has 0 saturated heterocycles. The molecule has 0 unspecified atom stereocenters. The second-order valence-electron chi connectivity index (χ2n) is 4.38. The number of carbonyl (C=O) groups is 1. The molecule has 0 radical (unpaired) electrons. The van der Waals surface area contributed by atoms with Gasteiger partial charge in [0.1, 0.15) is 5.02 Å². The number of hydroxylamine groups is 1. The maximum Gasteiger partial charge on any atom is 0.287 e. The number of carbonyl (C=O) groups excluding carboxylic acids is 1. The first-order valence-corrected chi connectivity index (χ1v) is 6.35. The molecule has 102 valence electrons. The Morgan fingerprint density at radius 3 is 2.68 bits per heavy atom. The molecule has 1 saturated carbocycles. The molecule has 1 fully saturated rings. The zero-order chi connectivity index (χ0) is 13.8. The number of hydrogen-bond acceptors (Lipinski definition) is 4. The highest BCUT2D eigenvalue weighted by atomic mass is 35.5. The van der Waals surface area contributed by atoms with Gasteiger partial charge in [-0.1, -0.05) is 24.4 Å². The average Bonchev–Trinajstić information content (AvgIpc) is 2.88. The van der Waals surface area contributed by atoms with Crippen molar-refractivity contribution in [1.29, 1.82) is 0 Å². The second kappa shape index (κ2) is 5.99. The van der Waals surface area contributed by atoms with Crippen LogP contribution in [-0.2, 0) is 4.84 Å². The van der Waals surface area contributed by atoms with Gasteiger partial charge in [0, 0.05) is 11.6 Å². The van der Waals surface area contributed by atoms with Gasteiger partial charge in [-0.3, -0.25) is 19.7 Å². The fourth-order valence-electron chi connectivity index (χ4n) is 2.00. The molecule has 6 nitrogen and oxygen atoms in total. The van der Waals surface area contributed by atoms with Gasteiger partial charge in [0.25, 0.3) is 11.6 Å². The maximum atomic E-state index is 11.8. The van der Waals surface area contributed by atoms with Gasteiger partial charge in [-0.25, -0.2) is 5.48 Å². The molecule has 1 N–H and O–H groups in total. The molecule has 1 aromatic carbocycles. The number of nitro benzene ring substituents is 1. The molecule has 0 heterocycles. The lowest BCUT2D eigenvalue weighted by Crippen LogP contribution is -2.28. The molecule has 0 aliphatic heterocycles. The summed E-state index contributed by atoms with van der Waals surface area (Å²) in [6.07, 6.45) is 4.12. The quantitative estimate of drug-likeness (QED) is 0.681. The van der Waals surface area contributed by atoms with Crippen LogP contribution in [0.2, 0.25) is 5.02 Å². The number of nitrogens with zero attached hydrogens (tertiary/aromatic N) is 1. The minimum Gasteiger partial charge on any atom is -0.270 e. The van der Waals surface area contributed by atoms with Crippen molar-refractivity contribution in [2.24, 2.45) is 0 Å². The minimum absolute atomic E-state index is 0.0532. The fraction of sp³-hybridized carbons (Fsp3) is 0.417. The molecule has 7 heteroatoms. The normalized spacial score (nSPS) is 15.4. The lowest BCUT2D eigenvalue weighted by molar-refractivity contribution is -0.384. The molecule has 1 amide bonds. The molecule has 0 bridgehead atoms. The van der Waals surface area contributed by atoms with E-state index >= 15 is 0 Å². The lowest BCUT2D eigenvalue weighted by Gasteiger charge is -2.11. The summed E-state index contributed by atoms with van der Waals surface area (Å²) in [7, 11) is 0. The van der Waals surface area contributed by atoms with Crippen LogP contribution in [0.3, 0.4) is 0 Å². The van der Waals surface area contributed by atoms with Crippen molar-refractivity contribution in [3.63, 3.8) is 0 Å². The SMILES string of the molecule is O=C(NOC1CCCC1)c1ccc([N+](=O)[O-])c(Cl)c1. The first-order chi connectivity index (χ1) is 9.08. The Labute approximate surface area is 114 Å². The number of benzene rings is 1. The molecular weight excluding hydrogens is 272 g/mol. The van der Waals surface area contributed by atoms with Crippen LogP contribution in [0, 0.1) is 10.1 Å². The van der Waals surface area contributed by atoms with Crippen LogP contribution < -0.4 is 5.48 Å². The Balaban J connectivity index is 1.98. The second-order valence-corrected chi connectivity index (χ2v) is 4.79. The van der Waals surface area contributed by atoms with Crippen molar-refractivity contribution in [2.45, 2.75) is 31.8 Å². The standard InChI is InChI=1S/C12H13ClN2O4/c13-10-7-8(5-6-11(10)15(17)18)12(16)14-19-9-3-1-2-4-9/h5-7,9H,1-4H2,(H,14,16). The summed E-state index contributed by atoms with van der Waals surface area (Å²) in [5.41, 5.74) is 2.35. The summed E-state index contributed by atoms with van der Waals surface area (Å²) in [5, 5.41) is 10.5. The number of amides is 1. The van der Waals surface area contributed by atoms with E-state index in [2.05, 4.69) is 5.48 Å². The summed E-state index contributed by atoms with van der Waals surface area (Å²) in [6, 6.07) is 3.80. The zero-order valence-corrected chi connectivity index (χ0v) is 10.9. The van der Waals surface area contributed by atoms with E-state index < -0.39 is 10.8 Å². The number of nitrogens with one attached hydrogen (secondary N) is 1. The van der Waals surface area contributed by atoms with Crippen LogP contribution in [0.15, 0.2) is 18.2 Å². The van der Waals surface area contributed by atoms with Crippen molar-refractivity contribution in [3.8, 4) is 0 Å². The van der Waals surface area contributed by atoms with E-state index in [9.17, 15) is 14.9 Å². The van der Waals surface area contributed by atoms with Gasteiger partial charge in [0.15, 0.2) is 0 Å². The number of halogens is 1. The highest BCUT2D eigenvalue weighted by Crippen LogP contribution is 2.25. The van der Waals surface area contributed by atoms with Crippen molar-refractivity contribution in [3.05, 3.63) is 38.9 Å². The topological polar surface area (TPSA) is 81.5 Å². The third kappa shape index (κ3) is 3.42. The van der Waals surface area contributed by atoms with E-state index in [0.717, 1.165) is 25.7 Å². The van der Waals surface area contributed by atoms with Crippen molar-refractivity contribution >= 4 is 23.2 Å². The maximum absolute atomic E-state index is 11.8. The zero-order valence-electron chi connectivity index (χ0n) is 10.1. The molecule has 0 atom stereocenters. The molecular formula is C12H13ClN2O4. The largest absolute Gasteiger partial charge is 0.287 e. The van der Waals surface area contributed by atoms with Gasteiger partial charge in [0.05, 0.1) is 11.0 Å². The van der Waals surface area contributed by atoms with Crippen molar-refractivity contribution < 1.29 is 14.6 Å². The number of rotatable bonds is 4. The summed E-state index contributed by atoms with van der Waals surface area (Å²) in [5.74, 6) is -0.455. The van der Waals surface area contributed by atoms with Crippen molar-refractivity contribution in [2.75, 3.05) is 0 Å². The minimum atomic E-state index is -0.598. The molecule has 0 aromatic heterocycles. The van der Waals surface area contributed by atoms with E-state index in [0.29, 0.717) is 0 Å². The predicted molar refractivity (Wildman–Crippen MR) is 68.9 cm³/mol. The number of hydrogen-bond donors (Lipinski definition) is 1. The fourth-order valence-corrected chi connectivity index (χ4v) is 2.25. The summed E-state index contributed by atoms with van der Waals surface area (Å²) >= 11 is 5.73. The smallest absolute Gasteiger partial charge is 0.270 e. The first kappa shape index (κ1) is 13.8. The Morgan fingerprint density at radius 2 is 2.11 bits per heavy atom. The Hall–Kier alpha value is -1.66. The van der Waals surface area contributed by atoms with Crippen LogP contribution in [0.1, 0.15) is 36.0 Å². The molecule has 1 aromatic rings. The Bertz CT molecular complexity index is 501. The van der Waals surface area contributed by atoms with Gasteiger partial charge in [0.2, 0.25) is 0 Å².